The summed E-state index contributed by atoms with van der Waals surface area (Å²) in [7, 11) is 0. The van der Waals surface area contributed by atoms with Crippen molar-refractivity contribution < 1.29 is 23.5 Å². The molecule has 2 aromatic rings. The van der Waals surface area contributed by atoms with Crippen molar-refractivity contribution in [2.45, 2.75) is 37.8 Å². The van der Waals surface area contributed by atoms with Crippen molar-refractivity contribution in [2.75, 3.05) is 5.43 Å². The first-order valence-electron chi connectivity index (χ1n) is 8.17. The van der Waals surface area contributed by atoms with Gasteiger partial charge < -0.3 is 10.8 Å². The number of hydrogen-bond donors (Lipinski definition) is 3. The molecule has 0 saturated carbocycles. The topological polar surface area (TPSA) is 115 Å². The number of carbonyl (C=O) groups excluding carboxylic acids is 1. The summed E-state index contributed by atoms with van der Waals surface area (Å²) in [6.45, 7) is 0. The van der Waals surface area contributed by atoms with E-state index >= 15 is 0 Å². The molecular weight excluding hydrogens is 416 g/mol. The summed E-state index contributed by atoms with van der Waals surface area (Å²) in [5, 5.41) is 12.9. The summed E-state index contributed by atoms with van der Waals surface area (Å²) in [6.07, 6.45) is 2.19. The van der Waals surface area contributed by atoms with Gasteiger partial charge in [-0.25, -0.2) is 18.1 Å². The molecule has 12 heteroatoms. The van der Waals surface area contributed by atoms with Crippen LogP contribution in [-0.4, -0.2) is 37.5 Å². The number of carbonyl (C=O) groups is 2. The second kappa shape index (κ2) is 8.76. The summed E-state index contributed by atoms with van der Waals surface area (Å²) < 4.78 is 30.2. The Bertz CT molecular complexity index is 964. The van der Waals surface area contributed by atoms with E-state index in [1.165, 1.54) is 21.8 Å². The third-order valence-electron chi connectivity index (χ3n) is 4.44. The molecule has 3 rings (SSSR count). The van der Waals surface area contributed by atoms with E-state index in [4.69, 9.17) is 23.1 Å². The molecule has 1 heterocycles. The van der Waals surface area contributed by atoms with Crippen molar-refractivity contribution in [1.82, 2.24) is 14.5 Å². The van der Waals surface area contributed by atoms with Crippen LogP contribution in [-0.2, 0) is 22.4 Å². The van der Waals surface area contributed by atoms with Crippen molar-refractivity contribution in [2.24, 2.45) is 5.73 Å². The zero-order valence-electron chi connectivity index (χ0n) is 14.5. The van der Waals surface area contributed by atoms with Gasteiger partial charge in [-0.05, 0) is 48.7 Å². The molecule has 1 aromatic carbocycles. The Kier molecular flexibility index (Phi) is 6.86. The molecule has 28 heavy (non-hydrogen) atoms. The van der Waals surface area contributed by atoms with Gasteiger partial charge in [-0.1, -0.05) is 0 Å². The normalized spacial score (nSPS) is 16.6. The second-order valence-electron chi connectivity index (χ2n) is 6.33. The minimum atomic E-state index is -1.33. The van der Waals surface area contributed by atoms with E-state index in [-0.39, 0.29) is 23.2 Å². The quantitative estimate of drug-likeness (QED) is 0.618. The Morgan fingerprint density at radius 1 is 1.43 bits per heavy atom. The van der Waals surface area contributed by atoms with Crippen LogP contribution in [0.2, 0.25) is 0 Å². The molecule has 0 bridgehead atoms. The van der Waals surface area contributed by atoms with E-state index < -0.39 is 36.0 Å². The minimum Gasteiger partial charge on any atom is -0.480 e. The molecule has 0 fully saturated rings. The van der Waals surface area contributed by atoms with Crippen LogP contribution in [0.4, 0.5) is 8.78 Å². The molecule has 152 valence electrons. The fourth-order valence-electron chi connectivity index (χ4n) is 3.11. The van der Waals surface area contributed by atoms with Crippen LogP contribution in [0.3, 0.4) is 0 Å². The van der Waals surface area contributed by atoms with Gasteiger partial charge in [0.25, 0.3) is 0 Å². The maximum atomic E-state index is 13.9. The molecule has 0 spiro atoms. The lowest BCUT2D eigenvalue weighted by atomic mass is 9.88. The number of benzene rings is 1. The second-order valence-corrected chi connectivity index (χ2v) is 6.70. The number of aliphatic carboxylic acids is 1. The number of carboxylic acids is 1. The zero-order valence-corrected chi connectivity index (χ0v) is 16.1. The van der Waals surface area contributed by atoms with Gasteiger partial charge in [0.05, 0.1) is 12.5 Å². The molecule has 2 atom stereocenters. The van der Waals surface area contributed by atoms with E-state index in [0.717, 1.165) is 6.07 Å². The molecule has 8 nitrogen and oxygen atoms in total. The van der Waals surface area contributed by atoms with Gasteiger partial charge in [0.15, 0.2) is 0 Å². The highest BCUT2D eigenvalue weighted by molar-refractivity contribution is 7.71. The molecule has 0 aliphatic heterocycles. The number of hydrogen-bond acceptors (Lipinski definition) is 5. The molecular formula is C16H18ClF2N5O3S. The van der Waals surface area contributed by atoms with Gasteiger partial charge >= 0.3 is 5.97 Å². The highest BCUT2D eigenvalue weighted by Gasteiger charge is 2.25. The van der Waals surface area contributed by atoms with Crippen LogP contribution in [0.15, 0.2) is 18.5 Å². The van der Waals surface area contributed by atoms with Crippen LogP contribution in [0.5, 0.6) is 0 Å². The highest BCUT2D eigenvalue weighted by Crippen LogP contribution is 2.31. The molecule has 0 radical (unpaired) electrons. The first kappa shape index (κ1) is 21.9. The Balaban J connectivity index is 0.00000280. The van der Waals surface area contributed by atoms with Crippen LogP contribution >= 0.6 is 24.6 Å². The van der Waals surface area contributed by atoms with Gasteiger partial charge in [0, 0.05) is 6.07 Å². The molecule has 1 unspecified atom stereocenters. The molecule has 1 aliphatic carbocycles. The molecule has 4 N–H and O–H groups in total. The largest absolute Gasteiger partial charge is 0.480 e. The Morgan fingerprint density at radius 2 is 2.14 bits per heavy atom. The zero-order chi connectivity index (χ0) is 19.7. The van der Waals surface area contributed by atoms with E-state index in [2.05, 4.69) is 10.5 Å². The summed E-state index contributed by atoms with van der Waals surface area (Å²) in [5.41, 5.74) is 8.80. The molecule has 1 aliphatic rings. The van der Waals surface area contributed by atoms with Gasteiger partial charge in [0.1, 0.15) is 24.0 Å². The van der Waals surface area contributed by atoms with E-state index in [1.807, 2.05) is 0 Å². The third-order valence-corrected chi connectivity index (χ3v) is 4.83. The average molecular weight is 434 g/mol. The number of nitrogens with two attached hydrogens (primary N) is 1. The number of rotatable bonds is 5. The van der Waals surface area contributed by atoms with Crippen molar-refractivity contribution in [3.63, 3.8) is 0 Å². The Labute approximate surface area is 169 Å². The van der Waals surface area contributed by atoms with Gasteiger partial charge in [-0.2, -0.15) is 5.10 Å². The smallest absolute Gasteiger partial charge is 0.321 e. The number of aromatic nitrogens is 3. The van der Waals surface area contributed by atoms with Crippen LogP contribution in [0, 0.1) is 16.4 Å². The Hall–Kier alpha value is -2.37. The molecule has 0 saturated heterocycles. The number of carboxylic acid groups (broad SMARTS) is 1. The van der Waals surface area contributed by atoms with Crippen molar-refractivity contribution >= 4 is 36.5 Å². The number of amides is 1. The van der Waals surface area contributed by atoms with E-state index in [1.54, 1.807) is 0 Å². The molecule has 1 aromatic heterocycles. The SMILES string of the molecule is Cl.N[C@@H](CC(=O)Nn1cnn(C2CCc3c(F)cc(F)cc3C2)c1=S)C(=O)O. The predicted octanol–water partition coefficient (Wildman–Crippen LogP) is 1.72. The van der Waals surface area contributed by atoms with E-state index in [0.29, 0.717) is 30.4 Å². The van der Waals surface area contributed by atoms with Crippen molar-refractivity contribution in [1.29, 1.82) is 0 Å². The average Bonchev–Trinajstić information content (AvgIpc) is 2.94. The lowest BCUT2D eigenvalue weighted by Crippen LogP contribution is -2.36. The summed E-state index contributed by atoms with van der Waals surface area (Å²) >= 11 is 5.29. The monoisotopic (exact) mass is 433 g/mol. The van der Waals surface area contributed by atoms with Crippen LogP contribution in [0.25, 0.3) is 0 Å². The first-order valence-corrected chi connectivity index (χ1v) is 8.58. The van der Waals surface area contributed by atoms with Gasteiger partial charge in [-0.3, -0.25) is 15.0 Å². The number of nitrogens with one attached hydrogen (secondary N) is 1. The van der Waals surface area contributed by atoms with Crippen LogP contribution < -0.4 is 11.2 Å². The summed E-state index contributed by atoms with van der Waals surface area (Å²) in [5.74, 6) is -3.11. The fourth-order valence-corrected chi connectivity index (χ4v) is 3.39. The predicted molar refractivity (Wildman–Crippen MR) is 100 cm³/mol. The number of nitrogens with zero attached hydrogens (tertiary/aromatic N) is 3. The number of halogens is 3. The number of fused-ring (bicyclic) bond motifs is 1. The fraction of sp³-hybridized carbons (Fsp3) is 0.375. The van der Waals surface area contributed by atoms with E-state index in [9.17, 15) is 18.4 Å². The summed E-state index contributed by atoms with van der Waals surface area (Å²) in [6, 6.07) is 0.636. The first-order chi connectivity index (χ1) is 12.8. The van der Waals surface area contributed by atoms with Crippen LogP contribution in [0.1, 0.15) is 30.0 Å². The highest BCUT2D eigenvalue weighted by atomic mass is 35.5. The van der Waals surface area contributed by atoms with Crippen molar-refractivity contribution in [3.05, 3.63) is 46.0 Å². The maximum absolute atomic E-state index is 13.9. The standard InChI is InChI=1S/C16H17F2N5O3S.ClH/c17-9-3-8-4-10(1-2-11(8)12(18)5-9)23-16(27)22(7-20-23)21-14(24)6-13(19)15(25)26;/h3,5,7,10,13H,1-2,4,6,19H2,(H,21,24)(H,25,26);1H/t10?,13-;/m0./s1. The lowest BCUT2D eigenvalue weighted by Gasteiger charge is -2.25. The summed E-state index contributed by atoms with van der Waals surface area (Å²) in [4.78, 5) is 22.6. The van der Waals surface area contributed by atoms with Gasteiger partial charge in [0.2, 0.25) is 10.7 Å². The lowest BCUT2D eigenvalue weighted by molar-refractivity contribution is -0.140. The van der Waals surface area contributed by atoms with Crippen molar-refractivity contribution in [3.8, 4) is 0 Å². The molecule has 1 amide bonds. The van der Waals surface area contributed by atoms with Gasteiger partial charge in [-0.15, -0.1) is 12.4 Å². The maximum Gasteiger partial charge on any atom is 0.321 e. The Morgan fingerprint density at radius 3 is 2.82 bits per heavy atom. The minimum absolute atomic E-state index is 0. The third kappa shape index (κ3) is 4.54.